The molecule has 0 atom stereocenters. The number of ether oxygens (including phenoxy) is 1. The molecule has 3 aromatic carbocycles. The van der Waals surface area contributed by atoms with Crippen LogP contribution in [-0.2, 0) is 16.1 Å². The van der Waals surface area contributed by atoms with Crippen LogP contribution in [0, 0.1) is 0 Å². The van der Waals surface area contributed by atoms with E-state index in [2.05, 4.69) is 10.3 Å². The molecule has 0 aliphatic rings. The topological polar surface area (TPSA) is 68.3 Å². The van der Waals surface area contributed by atoms with Crippen molar-refractivity contribution in [3.8, 4) is 0 Å². The predicted octanol–water partition coefficient (Wildman–Crippen LogP) is 5.31. The zero-order chi connectivity index (χ0) is 20.8. The Balaban J connectivity index is 1.30. The lowest BCUT2D eigenvalue weighted by molar-refractivity contribution is -0.138. The Hall–Kier alpha value is -3.77. The average Bonchev–Trinajstić information content (AvgIpc) is 3.20. The molecular formula is C24H18N2O3S. The van der Waals surface area contributed by atoms with Gasteiger partial charge in [-0.05, 0) is 48.0 Å². The zero-order valence-electron chi connectivity index (χ0n) is 15.9. The lowest BCUT2D eigenvalue weighted by atomic mass is 10.1. The number of carbonyl (C=O) groups is 2. The van der Waals surface area contributed by atoms with E-state index in [1.54, 1.807) is 30.3 Å². The summed E-state index contributed by atoms with van der Waals surface area (Å²) < 4.78 is 6.34. The second-order valence-electron chi connectivity index (χ2n) is 6.48. The van der Waals surface area contributed by atoms with Gasteiger partial charge in [-0.1, -0.05) is 42.5 Å². The Morgan fingerprint density at radius 2 is 1.67 bits per heavy atom. The molecule has 4 aromatic rings. The first-order chi connectivity index (χ1) is 14.7. The number of fused-ring (bicyclic) bond motifs is 1. The lowest BCUT2D eigenvalue weighted by Gasteiger charge is -2.06. The van der Waals surface area contributed by atoms with Gasteiger partial charge in [0.2, 0.25) is 0 Å². The number of carbonyl (C=O) groups excluding carboxylic acids is 2. The van der Waals surface area contributed by atoms with Crippen LogP contribution in [0.5, 0.6) is 0 Å². The van der Waals surface area contributed by atoms with Crippen LogP contribution in [0.15, 0.2) is 84.9 Å². The van der Waals surface area contributed by atoms with Gasteiger partial charge in [0.25, 0.3) is 5.91 Å². The van der Waals surface area contributed by atoms with Crippen molar-refractivity contribution in [2.75, 3.05) is 5.32 Å². The molecule has 1 aromatic heterocycles. The van der Waals surface area contributed by atoms with Crippen molar-refractivity contribution in [3.63, 3.8) is 0 Å². The predicted molar refractivity (Wildman–Crippen MR) is 119 cm³/mol. The average molecular weight is 414 g/mol. The molecule has 0 radical (unpaired) electrons. The number of hydrogen-bond acceptors (Lipinski definition) is 5. The second kappa shape index (κ2) is 9.15. The fourth-order valence-electron chi connectivity index (χ4n) is 2.78. The number of benzene rings is 3. The molecule has 1 amide bonds. The first kappa shape index (κ1) is 19.5. The highest BCUT2D eigenvalue weighted by atomic mass is 32.1. The van der Waals surface area contributed by atoms with E-state index >= 15 is 0 Å². The minimum Gasteiger partial charge on any atom is -0.458 e. The van der Waals surface area contributed by atoms with E-state index in [0.29, 0.717) is 5.56 Å². The molecule has 0 saturated heterocycles. The third kappa shape index (κ3) is 4.98. The Labute approximate surface area is 177 Å². The maximum Gasteiger partial charge on any atom is 0.331 e. The van der Waals surface area contributed by atoms with Gasteiger partial charge in [0.15, 0.2) is 0 Å². The third-order valence-electron chi connectivity index (χ3n) is 4.30. The number of thiazole rings is 1. The summed E-state index contributed by atoms with van der Waals surface area (Å²) >= 11 is 1.51. The molecule has 30 heavy (non-hydrogen) atoms. The van der Waals surface area contributed by atoms with Crippen LogP contribution in [0.3, 0.4) is 0 Å². The summed E-state index contributed by atoms with van der Waals surface area (Å²) in [5.41, 5.74) is 2.98. The third-order valence-corrected chi connectivity index (χ3v) is 5.30. The SMILES string of the molecule is O=C(/C=C/c1nc2ccccc2s1)OCc1ccc(C(=O)Nc2ccccc2)cc1. The lowest BCUT2D eigenvalue weighted by Crippen LogP contribution is -2.11. The van der Waals surface area contributed by atoms with Crippen LogP contribution in [0.25, 0.3) is 16.3 Å². The maximum atomic E-state index is 12.3. The van der Waals surface area contributed by atoms with Crippen LogP contribution in [-0.4, -0.2) is 16.9 Å². The largest absolute Gasteiger partial charge is 0.458 e. The number of nitrogens with zero attached hydrogens (tertiary/aromatic N) is 1. The van der Waals surface area contributed by atoms with Crippen LogP contribution in [0.1, 0.15) is 20.9 Å². The van der Waals surface area contributed by atoms with E-state index in [4.69, 9.17) is 4.74 Å². The normalized spacial score (nSPS) is 10.9. The Morgan fingerprint density at radius 1 is 0.933 bits per heavy atom. The Morgan fingerprint density at radius 3 is 2.43 bits per heavy atom. The summed E-state index contributed by atoms with van der Waals surface area (Å²) in [4.78, 5) is 28.7. The van der Waals surface area contributed by atoms with Gasteiger partial charge < -0.3 is 10.1 Å². The highest BCUT2D eigenvalue weighted by Gasteiger charge is 2.07. The van der Waals surface area contributed by atoms with Crippen molar-refractivity contribution in [2.24, 2.45) is 0 Å². The molecule has 0 unspecified atom stereocenters. The van der Waals surface area contributed by atoms with Crippen molar-refractivity contribution < 1.29 is 14.3 Å². The molecule has 0 fully saturated rings. The fourth-order valence-corrected chi connectivity index (χ4v) is 3.65. The molecule has 4 rings (SSSR count). The first-order valence-corrected chi connectivity index (χ1v) is 10.1. The van der Waals surface area contributed by atoms with Gasteiger partial charge in [-0.3, -0.25) is 4.79 Å². The van der Waals surface area contributed by atoms with Crippen molar-refractivity contribution in [3.05, 3.63) is 101 Å². The standard InChI is InChI=1S/C24H18N2O3S/c27-23(15-14-22-26-20-8-4-5-9-21(20)30-22)29-16-17-10-12-18(13-11-17)24(28)25-19-6-2-1-3-7-19/h1-15H,16H2,(H,25,28)/b15-14+. The first-order valence-electron chi connectivity index (χ1n) is 9.33. The molecule has 148 valence electrons. The van der Waals surface area contributed by atoms with Gasteiger partial charge in [0, 0.05) is 17.3 Å². The molecule has 0 spiro atoms. The van der Waals surface area contributed by atoms with Gasteiger partial charge in [0.05, 0.1) is 10.2 Å². The second-order valence-corrected chi connectivity index (χ2v) is 7.54. The number of rotatable bonds is 6. The maximum absolute atomic E-state index is 12.3. The number of aromatic nitrogens is 1. The van der Waals surface area contributed by atoms with Gasteiger partial charge in [-0.15, -0.1) is 11.3 Å². The molecule has 1 heterocycles. The fraction of sp³-hybridized carbons (Fsp3) is 0.0417. The van der Waals surface area contributed by atoms with E-state index in [-0.39, 0.29) is 12.5 Å². The number of nitrogens with one attached hydrogen (secondary N) is 1. The van der Waals surface area contributed by atoms with Crippen LogP contribution in [0.2, 0.25) is 0 Å². The summed E-state index contributed by atoms with van der Waals surface area (Å²) in [7, 11) is 0. The van der Waals surface area contributed by atoms with E-state index < -0.39 is 5.97 Å². The van der Waals surface area contributed by atoms with E-state index in [1.807, 2.05) is 54.6 Å². The molecule has 6 heteroatoms. The van der Waals surface area contributed by atoms with Crippen molar-refractivity contribution >= 4 is 45.2 Å². The van der Waals surface area contributed by atoms with Gasteiger partial charge >= 0.3 is 5.97 Å². The number of esters is 1. The molecule has 1 N–H and O–H groups in total. The summed E-state index contributed by atoms with van der Waals surface area (Å²) in [5, 5.41) is 3.58. The monoisotopic (exact) mass is 414 g/mol. The van der Waals surface area contributed by atoms with Crippen LogP contribution >= 0.6 is 11.3 Å². The van der Waals surface area contributed by atoms with E-state index in [9.17, 15) is 9.59 Å². The summed E-state index contributed by atoms with van der Waals surface area (Å²) in [6, 6.07) is 24.0. The molecular weight excluding hydrogens is 396 g/mol. The summed E-state index contributed by atoms with van der Waals surface area (Å²) in [6.45, 7) is 0.129. The van der Waals surface area contributed by atoms with Gasteiger partial charge in [-0.25, -0.2) is 9.78 Å². The minimum absolute atomic E-state index is 0.129. The Bertz CT molecular complexity index is 1170. The summed E-state index contributed by atoms with van der Waals surface area (Å²) in [6.07, 6.45) is 3.03. The van der Waals surface area contributed by atoms with Crippen LogP contribution < -0.4 is 5.32 Å². The Kier molecular flexibility index (Phi) is 5.96. The molecule has 5 nitrogen and oxygen atoms in total. The zero-order valence-corrected chi connectivity index (χ0v) is 16.8. The minimum atomic E-state index is -0.444. The molecule has 0 saturated carbocycles. The quantitative estimate of drug-likeness (QED) is 0.343. The van der Waals surface area contributed by atoms with E-state index in [0.717, 1.165) is 26.5 Å². The highest BCUT2D eigenvalue weighted by Crippen LogP contribution is 2.22. The number of anilines is 1. The number of hydrogen-bond donors (Lipinski definition) is 1. The van der Waals surface area contributed by atoms with E-state index in [1.165, 1.54) is 17.4 Å². The smallest absolute Gasteiger partial charge is 0.331 e. The molecule has 0 bridgehead atoms. The summed E-state index contributed by atoms with van der Waals surface area (Å²) in [5.74, 6) is -0.635. The van der Waals surface area contributed by atoms with Gasteiger partial charge in [-0.2, -0.15) is 0 Å². The van der Waals surface area contributed by atoms with Crippen molar-refractivity contribution in [1.29, 1.82) is 0 Å². The van der Waals surface area contributed by atoms with Crippen LogP contribution in [0.4, 0.5) is 5.69 Å². The number of para-hydroxylation sites is 2. The van der Waals surface area contributed by atoms with Crippen molar-refractivity contribution in [1.82, 2.24) is 4.98 Å². The molecule has 0 aliphatic carbocycles. The highest BCUT2D eigenvalue weighted by molar-refractivity contribution is 7.19. The molecule has 0 aliphatic heterocycles. The van der Waals surface area contributed by atoms with Crippen molar-refractivity contribution in [2.45, 2.75) is 6.61 Å². The number of amides is 1. The van der Waals surface area contributed by atoms with Gasteiger partial charge in [0.1, 0.15) is 11.6 Å².